The number of hydrogen-bond acceptors (Lipinski definition) is 3. The smallest absolute Gasteiger partial charge is 0.180 e. The molecule has 1 aliphatic carbocycles. The van der Waals surface area contributed by atoms with Crippen LogP contribution in [0.15, 0.2) is 48.8 Å². The molecule has 0 bridgehead atoms. The van der Waals surface area contributed by atoms with E-state index in [0.29, 0.717) is 19.1 Å². The molecule has 1 aromatic carbocycles. The van der Waals surface area contributed by atoms with E-state index in [-0.39, 0.29) is 0 Å². The first kappa shape index (κ1) is 13.3. The highest BCUT2D eigenvalue weighted by molar-refractivity contribution is 5.56. The Labute approximate surface area is 129 Å². The zero-order chi connectivity index (χ0) is 14.9. The zero-order valence-corrected chi connectivity index (χ0v) is 12.4. The minimum absolute atomic E-state index is 0.443. The molecule has 1 saturated carbocycles. The van der Waals surface area contributed by atoms with Crippen LogP contribution >= 0.6 is 0 Å². The molecule has 4 rings (SSSR count). The summed E-state index contributed by atoms with van der Waals surface area (Å²) in [5.41, 5.74) is 9.94. The van der Waals surface area contributed by atoms with Gasteiger partial charge in [0.2, 0.25) is 0 Å². The van der Waals surface area contributed by atoms with Crippen molar-refractivity contribution in [2.45, 2.75) is 31.9 Å². The van der Waals surface area contributed by atoms with E-state index in [4.69, 9.17) is 10.5 Å². The van der Waals surface area contributed by atoms with Gasteiger partial charge in [-0.3, -0.25) is 0 Å². The number of fused-ring (bicyclic) bond motifs is 1. The Morgan fingerprint density at radius 3 is 2.73 bits per heavy atom. The third-order valence-corrected chi connectivity index (χ3v) is 4.08. The van der Waals surface area contributed by atoms with Crippen molar-refractivity contribution in [2.75, 3.05) is 0 Å². The molecule has 2 N–H and O–H groups in total. The zero-order valence-electron chi connectivity index (χ0n) is 12.4. The van der Waals surface area contributed by atoms with E-state index >= 15 is 0 Å². The van der Waals surface area contributed by atoms with Gasteiger partial charge in [-0.1, -0.05) is 30.3 Å². The van der Waals surface area contributed by atoms with Crippen molar-refractivity contribution in [3.63, 3.8) is 0 Å². The van der Waals surface area contributed by atoms with Crippen LogP contribution < -0.4 is 10.5 Å². The quantitative estimate of drug-likeness (QED) is 0.785. The van der Waals surface area contributed by atoms with Crippen LogP contribution in [-0.4, -0.2) is 9.38 Å². The molecule has 112 valence electrons. The number of benzene rings is 1. The molecule has 1 aliphatic rings. The maximum Gasteiger partial charge on any atom is 0.180 e. The Balaban J connectivity index is 1.69. The number of imidazole rings is 1. The van der Waals surface area contributed by atoms with Gasteiger partial charge in [0, 0.05) is 18.9 Å². The number of nitrogens with zero attached hydrogens (tertiary/aromatic N) is 2. The van der Waals surface area contributed by atoms with E-state index in [9.17, 15) is 0 Å². The second-order valence-electron chi connectivity index (χ2n) is 5.85. The summed E-state index contributed by atoms with van der Waals surface area (Å²) in [4.78, 5) is 4.58. The highest BCUT2D eigenvalue weighted by atomic mass is 16.5. The summed E-state index contributed by atoms with van der Waals surface area (Å²) in [6.45, 7) is 0.994. The average molecular weight is 293 g/mol. The molecule has 0 unspecified atom stereocenters. The summed E-state index contributed by atoms with van der Waals surface area (Å²) in [7, 11) is 0. The maximum absolute atomic E-state index is 6.06. The molecule has 0 aliphatic heterocycles. The van der Waals surface area contributed by atoms with Crippen molar-refractivity contribution in [3.05, 3.63) is 65.6 Å². The lowest BCUT2D eigenvalue weighted by Crippen LogP contribution is -1.99. The lowest BCUT2D eigenvalue weighted by Gasteiger charge is -2.10. The number of pyridine rings is 1. The van der Waals surface area contributed by atoms with Gasteiger partial charge >= 0.3 is 0 Å². The second kappa shape index (κ2) is 5.46. The fourth-order valence-corrected chi connectivity index (χ4v) is 2.72. The van der Waals surface area contributed by atoms with Gasteiger partial charge in [-0.2, -0.15) is 0 Å². The minimum atomic E-state index is 0.443. The van der Waals surface area contributed by atoms with Gasteiger partial charge in [-0.25, -0.2) is 4.98 Å². The summed E-state index contributed by atoms with van der Waals surface area (Å²) in [6.07, 6.45) is 6.69. The van der Waals surface area contributed by atoms with Crippen molar-refractivity contribution < 1.29 is 4.74 Å². The Bertz CT molecular complexity index is 791. The minimum Gasteiger partial charge on any atom is -0.485 e. The largest absolute Gasteiger partial charge is 0.485 e. The van der Waals surface area contributed by atoms with E-state index in [2.05, 4.69) is 33.8 Å². The maximum atomic E-state index is 6.06. The number of nitrogens with two attached hydrogens (primary N) is 1. The van der Waals surface area contributed by atoms with Crippen LogP contribution in [0.1, 0.15) is 35.6 Å². The fraction of sp³-hybridized carbons (Fsp3) is 0.278. The lowest BCUT2D eigenvalue weighted by atomic mass is 10.2. The third-order valence-electron chi connectivity index (χ3n) is 4.08. The molecule has 0 amide bonds. The monoisotopic (exact) mass is 293 g/mol. The summed E-state index contributed by atoms with van der Waals surface area (Å²) in [5.74, 6) is 1.51. The molecule has 22 heavy (non-hydrogen) atoms. The van der Waals surface area contributed by atoms with Crippen LogP contribution in [0.2, 0.25) is 0 Å². The molecule has 0 atom stereocenters. The molecule has 0 spiro atoms. The first-order chi connectivity index (χ1) is 10.8. The van der Waals surface area contributed by atoms with Crippen molar-refractivity contribution in [2.24, 2.45) is 5.73 Å². The van der Waals surface area contributed by atoms with Crippen molar-refractivity contribution >= 4 is 5.65 Å². The van der Waals surface area contributed by atoms with Crippen LogP contribution in [0.25, 0.3) is 5.65 Å². The average Bonchev–Trinajstić information content (AvgIpc) is 3.32. The molecule has 4 nitrogen and oxygen atoms in total. The normalized spacial score (nSPS) is 14.4. The van der Waals surface area contributed by atoms with Gasteiger partial charge in [0.05, 0.1) is 5.69 Å². The first-order valence-corrected chi connectivity index (χ1v) is 7.72. The van der Waals surface area contributed by atoms with Gasteiger partial charge in [0.1, 0.15) is 6.61 Å². The third kappa shape index (κ3) is 2.57. The molecular weight excluding hydrogens is 274 g/mol. The van der Waals surface area contributed by atoms with E-state index < -0.39 is 0 Å². The molecule has 2 aromatic heterocycles. The van der Waals surface area contributed by atoms with E-state index in [0.717, 1.165) is 22.7 Å². The molecule has 3 aromatic rings. The van der Waals surface area contributed by atoms with Crippen LogP contribution in [0.5, 0.6) is 5.75 Å². The Hall–Kier alpha value is -2.33. The molecule has 4 heteroatoms. The summed E-state index contributed by atoms with van der Waals surface area (Å²) >= 11 is 0. The Morgan fingerprint density at radius 2 is 2.00 bits per heavy atom. The Kier molecular flexibility index (Phi) is 3.31. The van der Waals surface area contributed by atoms with Gasteiger partial charge in [-0.05, 0) is 36.0 Å². The number of ether oxygens (including phenoxy) is 1. The van der Waals surface area contributed by atoms with E-state index in [1.54, 1.807) is 0 Å². The topological polar surface area (TPSA) is 52.5 Å². The summed E-state index contributed by atoms with van der Waals surface area (Å²) < 4.78 is 8.11. The summed E-state index contributed by atoms with van der Waals surface area (Å²) in [6, 6.07) is 12.3. The summed E-state index contributed by atoms with van der Waals surface area (Å²) in [5, 5.41) is 0. The fourth-order valence-electron chi connectivity index (χ4n) is 2.72. The molecule has 0 saturated heterocycles. The van der Waals surface area contributed by atoms with Gasteiger partial charge < -0.3 is 14.9 Å². The highest BCUT2D eigenvalue weighted by Crippen LogP contribution is 2.41. The predicted molar refractivity (Wildman–Crippen MR) is 85.8 cm³/mol. The second-order valence-corrected chi connectivity index (χ2v) is 5.85. The van der Waals surface area contributed by atoms with E-state index in [1.807, 2.05) is 24.4 Å². The van der Waals surface area contributed by atoms with Gasteiger partial charge in [0.25, 0.3) is 0 Å². The van der Waals surface area contributed by atoms with Gasteiger partial charge in [-0.15, -0.1) is 0 Å². The van der Waals surface area contributed by atoms with Crippen molar-refractivity contribution in [1.82, 2.24) is 9.38 Å². The van der Waals surface area contributed by atoms with Crippen molar-refractivity contribution in [1.29, 1.82) is 0 Å². The standard InChI is InChI=1S/C18H19N3O/c19-9-16-11-21-10-15(14-6-7-14)8-17(18(21)20-16)22-12-13-4-2-1-3-5-13/h1-5,8,10-11,14H,6-7,9,12,19H2. The SMILES string of the molecule is NCc1cn2cc(C3CC3)cc(OCc3ccccc3)c2n1. The lowest BCUT2D eigenvalue weighted by molar-refractivity contribution is 0.308. The van der Waals surface area contributed by atoms with Crippen molar-refractivity contribution in [3.8, 4) is 5.75 Å². The van der Waals surface area contributed by atoms with Crippen LogP contribution in [-0.2, 0) is 13.2 Å². The van der Waals surface area contributed by atoms with Crippen LogP contribution in [0, 0.1) is 0 Å². The predicted octanol–water partition coefficient (Wildman–Crippen LogP) is 3.25. The number of hydrogen-bond donors (Lipinski definition) is 1. The Morgan fingerprint density at radius 1 is 1.18 bits per heavy atom. The molecule has 0 radical (unpaired) electrons. The van der Waals surface area contributed by atoms with Crippen LogP contribution in [0.4, 0.5) is 0 Å². The first-order valence-electron chi connectivity index (χ1n) is 7.72. The van der Waals surface area contributed by atoms with Gasteiger partial charge in [0.15, 0.2) is 11.4 Å². The molecular formula is C18H19N3O. The number of aromatic nitrogens is 2. The molecule has 2 heterocycles. The molecule has 1 fully saturated rings. The van der Waals surface area contributed by atoms with Crippen LogP contribution in [0.3, 0.4) is 0 Å². The number of rotatable bonds is 5. The highest BCUT2D eigenvalue weighted by Gasteiger charge is 2.25. The van der Waals surface area contributed by atoms with E-state index in [1.165, 1.54) is 18.4 Å².